The second-order valence-electron chi connectivity index (χ2n) is 9.44. The number of hydrogen-bond donors (Lipinski definition) is 1. The van der Waals surface area contributed by atoms with Crippen LogP contribution in [0.4, 0.5) is 0 Å². The molecular weight excluding hydrogens is 528 g/mol. The Hall–Kier alpha value is -3.81. The van der Waals surface area contributed by atoms with E-state index in [2.05, 4.69) is 18.7 Å². The van der Waals surface area contributed by atoms with Gasteiger partial charge in [0.1, 0.15) is 23.9 Å². The number of carbonyl (C=O) groups is 2. The van der Waals surface area contributed by atoms with Crippen molar-refractivity contribution in [2.45, 2.75) is 33.4 Å². The molecule has 40 heavy (non-hydrogen) atoms. The van der Waals surface area contributed by atoms with E-state index in [1.807, 2.05) is 61.5 Å². The van der Waals surface area contributed by atoms with E-state index in [1.165, 1.54) is 0 Å². The lowest BCUT2D eigenvalue weighted by molar-refractivity contribution is -0.140. The summed E-state index contributed by atoms with van der Waals surface area (Å²) in [4.78, 5) is 30.4. The van der Waals surface area contributed by atoms with Gasteiger partial charge in [0.15, 0.2) is 0 Å². The van der Waals surface area contributed by atoms with Crippen molar-refractivity contribution in [1.29, 1.82) is 0 Å². The second-order valence-corrected chi connectivity index (χ2v) is 9.85. The highest BCUT2D eigenvalue weighted by Gasteiger charge is 2.46. The minimum atomic E-state index is -0.760. The first-order valence-electron chi connectivity index (χ1n) is 13.6. The molecule has 4 rings (SSSR count). The van der Waals surface area contributed by atoms with E-state index >= 15 is 0 Å². The standard InChI is InChI=1S/C32H35ClN2O5/c1-4-34(5-2)18-19-35-29(23-12-15-25(16-13-23)40-21-22-10-8-7-9-11-22)28(31(37)32(35)38)30(36)24-14-17-27(39-6-3)26(33)20-24/h7-17,20,29,36H,4-6,18-19,21H2,1-3H3/t29-/m1/s1. The van der Waals surface area contributed by atoms with Gasteiger partial charge in [0, 0.05) is 18.7 Å². The number of benzene rings is 3. The zero-order valence-corrected chi connectivity index (χ0v) is 23.9. The first-order valence-corrected chi connectivity index (χ1v) is 14.0. The number of rotatable bonds is 12. The van der Waals surface area contributed by atoms with Crippen molar-refractivity contribution in [3.63, 3.8) is 0 Å². The Morgan fingerprint density at radius 3 is 2.27 bits per heavy atom. The molecule has 3 aromatic carbocycles. The van der Waals surface area contributed by atoms with Gasteiger partial charge in [0.2, 0.25) is 0 Å². The first kappa shape index (κ1) is 29.2. The molecule has 1 aliphatic heterocycles. The van der Waals surface area contributed by atoms with Crippen LogP contribution in [0.5, 0.6) is 11.5 Å². The van der Waals surface area contributed by atoms with Gasteiger partial charge in [0.25, 0.3) is 11.7 Å². The Kier molecular flexibility index (Phi) is 9.85. The molecule has 0 spiro atoms. The summed E-state index contributed by atoms with van der Waals surface area (Å²) in [7, 11) is 0. The molecule has 1 saturated heterocycles. The quantitative estimate of drug-likeness (QED) is 0.164. The number of aliphatic hydroxyl groups is 1. The average molecular weight is 563 g/mol. The highest BCUT2D eigenvalue weighted by Crippen LogP contribution is 2.40. The van der Waals surface area contributed by atoms with Gasteiger partial charge in [-0.25, -0.2) is 0 Å². The lowest BCUT2D eigenvalue weighted by Crippen LogP contribution is -2.38. The highest BCUT2D eigenvalue weighted by atomic mass is 35.5. The number of halogens is 1. The largest absolute Gasteiger partial charge is 0.507 e. The van der Waals surface area contributed by atoms with Gasteiger partial charge in [-0.05, 0) is 61.5 Å². The number of nitrogens with zero attached hydrogens (tertiary/aromatic N) is 2. The fourth-order valence-electron chi connectivity index (χ4n) is 4.81. The summed E-state index contributed by atoms with van der Waals surface area (Å²) < 4.78 is 11.4. The molecule has 210 valence electrons. The van der Waals surface area contributed by atoms with E-state index in [1.54, 1.807) is 23.1 Å². The molecule has 8 heteroatoms. The maximum atomic E-state index is 13.4. The first-order chi connectivity index (χ1) is 19.4. The Bertz CT molecular complexity index is 1350. The van der Waals surface area contributed by atoms with E-state index in [4.69, 9.17) is 21.1 Å². The normalized spacial score (nSPS) is 16.5. The molecule has 1 fully saturated rings. The van der Waals surface area contributed by atoms with Crippen LogP contribution in [-0.2, 0) is 16.2 Å². The fraction of sp³-hybridized carbons (Fsp3) is 0.312. The van der Waals surface area contributed by atoms with Crippen LogP contribution in [0, 0.1) is 0 Å². The lowest BCUT2D eigenvalue weighted by atomic mass is 9.95. The molecule has 1 N–H and O–H groups in total. The van der Waals surface area contributed by atoms with Crippen molar-refractivity contribution >= 4 is 29.1 Å². The van der Waals surface area contributed by atoms with Crippen LogP contribution >= 0.6 is 11.6 Å². The van der Waals surface area contributed by atoms with E-state index in [0.717, 1.165) is 18.7 Å². The number of aliphatic hydroxyl groups excluding tert-OH is 1. The van der Waals surface area contributed by atoms with Gasteiger partial charge in [0.05, 0.1) is 23.2 Å². The van der Waals surface area contributed by atoms with Gasteiger partial charge in [-0.1, -0.05) is 67.9 Å². The summed E-state index contributed by atoms with van der Waals surface area (Å²) in [5, 5.41) is 11.7. The number of hydrogen-bond acceptors (Lipinski definition) is 6. The topological polar surface area (TPSA) is 79.3 Å². The second kappa shape index (κ2) is 13.5. The molecule has 0 saturated carbocycles. The number of likely N-dealkylation sites (N-methyl/N-ethyl adjacent to an activating group) is 1. The molecule has 0 aliphatic carbocycles. The number of likely N-dealkylation sites (tertiary alicyclic amines) is 1. The van der Waals surface area contributed by atoms with Crippen LogP contribution in [0.3, 0.4) is 0 Å². The van der Waals surface area contributed by atoms with E-state index in [0.29, 0.717) is 54.0 Å². The van der Waals surface area contributed by atoms with E-state index in [9.17, 15) is 14.7 Å². The highest BCUT2D eigenvalue weighted by molar-refractivity contribution is 6.46. The number of ether oxygens (including phenoxy) is 2. The zero-order valence-electron chi connectivity index (χ0n) is 23.1. The molecule has 1 heterocycles. The van der Waals surface area contributed by atoms with Crippen molar-refractivity contribution < 1.29 is 24.2 Å². The third-order valence-electron chi connectivity index (χ3n) is 7.04. The Labute approximate surface area is 240 Å². The molecule has 0 unspecified atom stereocenters. The average Bonchev–Trinajstić information content (AvgIpc) is 3.23. The molecule has 7 nitrogen and oxygen atoms in total. The lowest BCUT2D eigenvalue weighted by Gasteiger charge is -2.28. The summed E-state index contributed by atoms with van der Waals surface area (Å²) in [5.74, 6) is -0.506. The summed E-state index contributed by atoms with van der Waals surface area (Å²) in [5.41, 5.74) is 2.11. The fourth-order valence-corrected chi connectivity index (χ4v) is 5.04. The zero-order chi connectivity index (χ0) is 28.6. The van der Waals surface area contributed by atoms with Gasteiger partial charge in [-0.3, -0.25) is 9.59 Å². The van der Waals surface area contributed by atoms with Gasteiger partial charge >= 0.3 is 0 Å². The van der Waals surface area contributed by atoms with Crippen molar-refractivity contribution in [2.24, 2.45) is 0 Å². The Morgan fingerprint density at radius 1 is 0.950 bits per heavy atom. The van der Waals surface area contributed by atoms with E-state index in [-0.39, 0.29) is 11.3 Å². The number of amides is 1. The van der Waals surface area contributed by atoms with Crippen molar-refractivity contribution in [3.8, 4) is 11.5 Å². The maximum absolute atomic E-state index is 13.4. The van der Waals surface area contributed by atoms with Crippen LogP contribution in [0.25, 0.3) is 5.76 Å². The third kappa shape index (κ3) is 6.49. The molecule has 1 aliphatic rings. The van der Waals surface area contributed by atoms with Crippen LogP contribution < -0.4 is 9.47 Å². The Balaban J connectivity index is 1.69. The molecule has 0 bridgehead atoms. The molecule has 1 amide bonds. The summed E-state index contributed by atoms with van der Waals surface area (Å²) in [6, 6.07) is 21.2. The number of ketones is 1. The predicted molar refractivity (Wildman–Crippen MR) is 157 cm³/mol. The SMILES string of the molecule is CCOc1ccc(C(O)=C2C(=O)C(=O)N(CCN(CC)CC)[C@@H]2c2ccc(OCc3ccccc3)cc2)cc1Cl. The molecule has 3 aromatic rings. The van der Waals surface area contributed by atoms with Crippen molar-refractivity contribution in [2.75, 3.05) is 32.8 Å². The van der Waals surface area contributed by atoms with Gasteiger partial charge in [-0.15, -0.1) is 0 Å². The van der Waals surface area contributed by atoms with Crippen molar-refractivity contribution in [1.82, 2.24) is 9.80 Å². The number of carbonyl (C=O) groups excluding carboxylic acids is 2. The molecule has 0 radical (unpaired) electrons. The molecule has 1 atom stereocenters. The van der Waals surface area contributed by atoms with Gasteiger partial charge < -0.3 is 24.4 Å². The minimum Gasteiger partial charge on any atom is -0.507 e. The smallest absolute Gasteiger partial charge is 0.295 e. The monoisotopic (exact) mass is 562 g/mol. The minimum absolute atomic E-state index is 0.0303. The Morgan fingerprint density at radius 2 is 1.65 bits per heavy atom. The predicted octanol–water partition coefficient (Wildman–Crippen LogP) is 6.08. The van der Waals surface area contributed by atoms with Gasteiger partial charge in [-0.2, -0.15) is 0 Å². The van der Waals surface area contributed by atoms with E-state index < -0.39 is 17.7 Å². The van der Waals surface area contributed by atoms with Crippen molar-refractivity contribution in [3.05, 3.63) is 100 Å². The summed E-state index contributed by atoms with van der Waals surface area (Å²) >= 11 is 6.37. The van der Waals surface area contributed by atoms with Crippen LogP contribution in [0.15, 0.2) is 78.4 Å². The summed E-state index contributed by atoms with van der Waals surface area (Å²) in [6.07, 6.45) is 0. The molecular formula is C32H35ClN2O5. The number of Topliss-reactive ketones (excluding diaryl/α,β-unsaturated/α-hetero) is 1. The molecule has 0 aromatic heterocycles. The third-order valence-corrected chi connectivity index (χ3v) is 7.34. The summed E-state index contributed by atoms with van der Waals surface area (Å²) in [6.45, 7) is 9.40. The van der Waals surface area contributed by atoms with Crippen LogP contribution in [0.1, 0.15) is 43.5 Å². The maximum Gasteiger partial charge on any atom is 0.295 e. The van der Waals surface area contributed by atoms with Crippen LogP contribution in [0.2, 0.25) is 5.02 Å². The van der Waals surface area contributed by atoms with Crippen LogP contribution in [-0.4, -0.2) is 59.4 Å².